The Morgan fingerprint density at radius 1 is 0.320 bits per heavy atom. The first-order valence-electron chi connectivity index (χ1n) is 45.0. The molecule has 0 radical (unpaired) electrons. The second kappa shape index (κ2) is 41.3. The number of aryl methyl sites for hydroxylation is 5. The van der Waals surface area contributed by atoms with Crippen molar-refractivity contribution >= 4 is 66.2 Å². The van der Waals surface area contributed by atoms with Crippen LogP contribution in [0.2, 0.25) is 0 Å². The molecule has 21 rings (SSSR count). The molecule has 0 spiro atoms. The molecule has 0 bridgehead atoms. The van der Waals surface area contributed by atoms with Crippen LogP contribution in [-0.4, -0.2) is 230 Å². The molecule has 0 aliphatic carbocycles. The maximum absolute atomic E-state index is 14.9. The quantitative estimate of drug-likeness (QED) is 0.0400. The number of imidazole rings is 1. The fourth-order valence-electron chi connectivity index (χ4n) is 18.5. The molecule has 778 valence electrons. The van der Waals surface area contributed by atoms with Crippen LogP contribution >= 0.6 is 0 Å². The van der Waals surface area contributed by atoms with Gasteiger partial charge in [-0.3, -0.25) is 4.57 Å². The normalized spacial score (nSPS) is 25.7. The van der Waals surface area contributed by atoms with Crippen molar-refractivity contribution in [1.29, 1.82) is 0 Å². The van der Waals surface area contributed by atoms with E-state index < -0.39 is 223 Å². The van der Waals surface area contributed by atoms with E-state index in [1.807, 2.05) is 33.8 Å². The molecule has 16 heterocycles. The summed E-state index contributed by atoms with van der Waals surface area (Å²) in [4.78, 5) is 33.2. The topological polar surface area (TPSA) is 462 Å². The monoisotopic (exact) mass is 2070 g/mol. The standard InChI is InChI=1S/2C20H18F4N2O4.C20H19F3N2O4.C20H19F2N5O4.C18H16F3N3O3/c1-9-2-4-25-18-13(9)3-5-26(18)19-16(29)15(28)17(30-19)14(27)10-6-11(20(22,23)24)8-12(21)7-10;1-9-4-6-25-18-11(9)5-7-26(18)19-16(29)15(28)17(30-19)14(27)10-2-3-13(21)12(8-10)20(22,23)24;1-10-5-7-24-18-13(10)6-8-25(18)19-16(28)15(27)17(29-19)14(26)11-3-2-4-12(9-11)20(21,22)23;1-9-11-4-5-26(18(11)24-7-23-9)19-16(30)15(29)17(31-19)14(28)10-2-3-13-12(6-10)25-8-27(13)20(21)22;1-9-12-6-7-24(16(12)23-8-22-9)17-14(26)13(25)15(27-17)18(20,21)10-2-4-11(19)5-3-10/h2*2-8,14-17,19,27-29H,1H3;2-9,14-17,19,26-28H,1H3;2-8,14-17,19-20,28-30H,1H3;2-8,13-15,17,25-26H,1H3/t14?,15-,16+,17?,19+;3*14-,15+,16-,17-,19-;13-,14+,15-,17+/m01110/s1. The van der Waals surface area contributed by atoms with Gasteiger partial charge < -0.3 is 118 Å². The fraction of sp³-hybridized carbons (Fsp3) is 0.347. The van der Waals surface area contributed by atoms with Crippen molar-refractivity contribution < 1.29 is 165 Å². The lowest BCUT2D eigenvalue weighted by atomic mass is 9.97. The first-order chi connectivity index (χ1) is 69.5. The van der Waals surface area contributed by atoms with E-state index in [0.717, 1.165) is 98.8 Å². The van der Waals surface area contributed by atoms with Crippen LogP contribution in [0.15, 0.2) is 220 Å². The van der Waals surface area contributed by atoms with E-state index >= 15 is 0 Å². The predicted octanol–water partition coefficient (Wildman–Crippen LogP) is 12.6. The molecule has 5 fully saturated rings. The predicted molar refractivity (Wildman–Crippen MR) is 483 cm³/mol. The number of benzene rings is 5. The van der Waals surface area contributed by atoms with Crippen LogP contribution in [0.4, 0.5) is 70.2 Å². The minimum Gasteiger partial charge on any atom is -0.387 e. The highest BCUT2D eigenvalue weighted by Crippen LogP contribution is 2.49. The van der Waals surface area contributed by atoms with Crippen LogP contribution in [0.5, 0.6) is 0 Å². The van der Waals surface area contributed by atoms with E-state index in [0.29, 0.717) is 73.7 Å². The molecule has 0 amide bonds. The van der Waals surface area contributed by atoms with E-state index in [9.17, 15) is 142 Å². The van der Waals surface area contributed by atoms with Crippen molar-refractivity contribution in [2.75, 3.05) is 0 Å². The summed E-state index contributed by atoms with van der Waals surface area (Å²) >= 11 is 0. The SMILES string of the molecule is Cc1ccnc2c1ccn2[C@@H]1OC(C(O)c2cc(F)cc(C(F)(F)F)c2)[C@@H](O)[C@H]1O.Cc1ccnc2c1ccn2[C@@H]1O[C@H]([C@H](O)c2ccc(F)c(C(F)(F)F)c2)[C@@H](O)[C@H]1O.Cc1ccnc2c1ccn2[C@@H]1O[C@H]([C@H](O)c2cccc(C(F)(F)F)c2)[C@@H](O)[C@H]1O.Cc1ncnc2c1ccn2[C@@H]1O[C@H](C(F)(F)c2ccc(F)cc2)[C@@H](O)[C@H]1O.Cc1ncnc2c1ccn2[C@@H]1O[C@H]([C@H](O)c2ccc3c(c2)ncn3C(F)F)[C@@H](O)[C@H]1O. The van der Waals surface area contributed by atoms with Gasteiger partial charge in [0.25, 0.3) is 0 Å². The van der Waals surface area contributed by atoms with Crippen LogP contribution in [-0.2, 0) is 48.1 Å². The Bertz CT molecular complexity index is 7440. The number of aliphatic hydroxyl groups is 14. The van der Waals surface area contributed by atoms with Gasteiger partial charge in [-0.1, -0.05) is 36.4 Å². The fourth-order valence-corrected chi connectivity index (χ4v) is 18.5. The van der Waals surface area contributed by atoms with Gasteiger partial charge in [0.2, 0.25) is 0 Å². The molecule has 49 heteroatoms. The molecular weight excluding hydrogens is 1980 g/mol. The highest BCUT2D eigenvalue weighted by Gasteiger charge is 2.58. The van der Waals surface area contributed by atoms with Crippen LogP contribution in [0, 0.1) is 52.1 Å². The lowest BCUT2D eigenvalue weighted by molar-refractivity contribution is -0.169. The zero-order valence-corrected chi connectivity index (χ0v) is 76.8. The number of aliphatic hydroxyl groups excluding tert-OH is 14. The molecule has 33 nitrogen and oxygen atoms in total. The first kappa shape index (κ1) is 105. The number of hydrogen-bond donors (Lipinski definition) is 14. The van der Waals surface area contributed by atoms with Crippen LogP contribution in [0.25, 0.3) is 66.2 Å². The molecular formula is C98H90F16N14O19. The zero-order chi connectivity index (χ0) is 106. The molecule has 5 saturated heterocycles. The summed E-state index contributed by atoms with van der Waals surface area (Å²) in [6.45, 7) is 6.49. The smallest absolute Gasteiger partial charge is 0.387 e. The maximum Gasteiger partial charge on any atom is 0.419 e. The van der Waals surface area contributed by atoms with E-state index in [1.54, 1.807) is 97.3 Å². The highest BCUT2D eigenvalue weighted by atomic mass is 19.4. The largest absolute Gasteiger partial charge is 0.419 e. The minimum atomic E-state index is -4.95. The lowest BCUT2D eigenvalue weighted by Crippen LogP contribution is -2.41. The molecule has 0 saturated carbocycles. The Hall–Kier alpha value is -13.0. The van der Waals surface area contributed by atoms with Crippen molar-refractivity contribution in [3.63, 3.8) is 0 Å². The number of pyridine rings is 3. The summed E-state index contributed by atoms with van der Waals surface area (Å²) in [5.74, 6) is -6.98. The molecule has 16 aromatic rings. The molecule has 14 N–H and O–H groups in total. The molecule has 5 aliphatic rings. The minimum absolute atomic E-state index is 0.0666. The summed E-state index contributed by atoms with van der Waals surface area (Å²) in [6, 6.07) is 30.0. The van der Waals surface area contributed by atoms with E-state index in [-0.39, 0.29) is 22.2 Å². The van der Waals surface area contributed by atoms with E-state index in [4.69, 9.17) is 23.7 Å². The Kier molecular flexibility index (Phi) is 29.6. The maximum atomic E-state index is 14.9. The van der Waals surface area contributed by atoms with E-state index in [2.05, 4.69) is 39.9 Å². The van der Waals surface area contributed by atoms with Crippen molar-refractivity contribution in [2.45, 2.75) is 213 Å². The van der Waals surface area contributed by atoms with Gasteiger partial charge in [0, 0.05) is 82.1 Å². The van der Waals surface area contributed by atoms with Gasteiger partial charge >= 0.3 is 31.0 Å². The third kappa shape index (κ3) is 20.3. The molecule has 2 unspecified atom stereocenters. The zero-order valence-electron chi connectivity index (χ0n) is 76.8. The molecule has 5 aromatic carbocycles. The van der Waals surface area contributed by atoms with Crippen LogP contribution in [0.3, 0.4) is 0 Å². The Morgan fingerprint density at radius 2 is 0.687 bits per heavy atom. The van der Waals surface area contributed by atoms with Gasteiger partial charge in [-0.05, 0) is 189 Å². The molecule has 11 aromatic heterocycles. The van der Waals surface area contributed by atoms with Crippen molar-refractivity contribution in [3.05, 3.63) is 310 Å². The molecule has 5 aliphatic heterocycles. The Balaban J connectivity index is 0.000000126. The summed E-state index contributed by atoms with van der Waals surface area (Å²) in [5, 5.41) is 151. The summed E-state index contributed by atoms with van der Waals surface area (Å²) in [7, 11) is 0. The average Bonchev–Trinajstić information content (AvgIpc) is 1.18. The number of fused-ring (bicyclic) bond motifs is 6. The Labute approximate surface area is 818 Å². The summed E-state index contributed by atoms with van der Waals surface area (Å²) < 4.78 is 249. The van der Waals surface area contributed by atoms with Crippen LogP contribution < -0.4 is 0 Å². The lowest BCUT2D eigenvalue weighted by Gasteiger charge is -2.25. The Morgan fingerprint density at radius 3 is 1.10 bits per heavy atom. The van der Waals surface area contributed by atoms with Gasteiger partial charge in [0.1, 0.15) is 175 Å². The van der Waals surface area contributed by atoms with Crippen molar-refractivity contribution in [1.82, 2.24) is 67.3 Å². The van der Waals surface area contributed by atoms with Crippen molar-refractivity contribution in [2.24, 2.45) is 0 Å². The molecule has 24 atom stereocenters. The first-order valence-corrected chi connectivity index (χ1v) is 45.0. The van der Waals surface area contributed by atoms with Gasteiger partial charge in [0.15, 0.2) is 37.2 Å². The number of nitrogens with zero attached hydrogens (tertiary/aromatic N) is 14. The van der Waals surface area contributed by atoms with Gasteiger partial charge in [-0.15, -0.1) is 0 Å². The number of ether oxygens (including phenoxy) is 5. The number of halogens is 16. The van der Waals surface area contributed by atoms with Gasteiger partial charge in [-0.25, -0.2) is 53.0 Å². The second-order valence-electron chi connectivity index (χ2n) is 35.6. The summed E-state index contributed by atoms with van der Waals surface area (Å²) in [5.41, 5.74) is 2.37. The van der Waals surface area contributed by atoms with Gasteiger partial charge in [-0.2, -0.15) is 57.1 Å². The highest BCUT2D eigenvalue weighted by molar-refractivity contribution is 5.83. The number of aromatic nitrogens is 14. The number of hydrogen-bond acceptors (Lipinski definition) is 27. The second-order valence-corrected chi connectivity index (χ2v) is 35.6. The molecule has 147 heavy (non-hydrogen) atoms. The summed E-state index contributed by atoms with van der Waals surface area (Å²) in [6.07, 6.45) is -32.6. The van der Waals surface area contributed by atoms with E-state index in [1.165, 1.54) is 67.5 Å². The third-order valence-electron chi connectivity index (χ3n) is 26.4. The van der Waals surface area contributed by atoms with Gasteiger partial charge in [0.05, 0.1) is 39.1 Å². The van der Waals surface area contributed by atoms with Crippen molar-refractivity contribution in [3.8, 4) is 0 Å². The number of alkyl halides is 13. The van der Waals surface area contributed by atoms with Crippen LogP contribution in [0.1, 0.15) is 135 Å². The third-order valence-corrected chi connectivity index (χ3v) is 26.4. The average molecular weight is 2070 g/mol. The number of rotatable bonds is 16.